The van der Waals surface area contributed by atoms with Gasteiger partial charge in [0.2, 0.25) is 0 Å². The van der Waals surface area contributed by atoms with Gasteiger partial charge >= 0.3 is 0 Å². The number of anilines is 2. The third-order valence-electron chi connectivity index (χ3n) is 3.97. The fraction of sp³-hybridized carbons (Fsp3) is 0.533. The molecule has 1 atom stereocenters. The Balaban J connectivity index is 1.89. The molecule has 0 aliphatic heterocycles. The average molecular weight is 290 g/mol. The van der Waals surface area contributed by atoms with Gasteiger partial charge in [-0.05, 0) is 49.6 Å². The van der Waals surface area contributed by atoms with Crippen molar-refractivity contribution < 1.29 is 0 Å². The van der Waals surface area contributed by atoms with Crippen molar-refractivity contribution in [1.29, 1.82) is 0 Å². The minimum absolute atomic E-state index is 0.374. The molecule has 1 aliphatic rings. The van der Waals surface area contributed by atoms with Crippen LogP contribution in [0.3, 0.4) is 0 Å². The second-order valence-corrected chi connectivity index (χ2v) is 6.46. The van der Waals surface area contributed by atoms with E-state index in [1.54, 1.807) is 0 Å². The number of thiophene rings is 1. The van der Waals surface area contributed by atoms with Gasteiger partial charge in [0.25, 0.3) is 0 Å². The number of rotatable bonds is 4. The smallest absolute Gasteiger partial charge is 0.148 e. The molecule has 1 aliphatic carbocycles. The topological polar surface area (TPSA) is 55.9 Å². The highest BCUT2D eigenvalue weighted by molar-refractivity contribution is 7.10. The lowest BCUT2D eigenvalue weighted by Gasteiger charge is -2.25. The van der Waals surface area contributed by atoms with Crippen LogP contribution < -0.4 is 11.1 Å². The van der Waals surface area contributed by atoms with Crippen LogP contribution in [0.4, 0.5) is 11.5 Å². The quantitative estimate of drug-likeness (QED) is 0.902. The van der Waals surface area contributed by atoms with Crippen molar-refractivity contribution in [2.24, 2.45) is 0 Å². The van der Waals surface area contributed by atoms with E-state index in [9.17, 15) is 0 Å². The molecule has 1 unspecified atom stereocenters. The number of nitrogens with one attached hydrogen (secondary N) is 1. The van der Waals surface area contributed by atoms with Gasteiger partial charge in [0.1, 0.15) is 5.82 Å². The van der Waals surface area contributed by atoms with Gasteiger partial charge in [-0.25, -0.2) is 4.68 Å². The number of aryl methyl sites for hydroxylation is 3. The van der Waals surface area contributed by atoms with Crippen molar-refractivity contribution in [2.75, 3.05) is 11.1 Å². The summed E-state index contributed by atoms with van der Waals surface area (Å²) in [6, 6.07) is 2.62. The number of hydrogen-bond acceptors (Lipinski definition) is 4. The van der Waals surface area contributed by atoms with Crippen molar-refractivity contribution in [3.05, 3.63) is 27.6 Å². The highest BCUT2D eigenvalue weighted by atomic mass is 32.1. The monoisotopic (exact) mass is 290 g/mol. The van der Waals surface area contributed by atoms with Crippen LogP contribution in [-0.4, -0.2) is 9.78 Å². The maximum absolute atomic E-state index is 6.20. The summed E-state index contributed by atoms with van der Waals surface area (Å²) in [6.07, 6.45) is 4.68. The fourth-order valence-corrected chi connectivity index (χ4v) is 3.91. The molecule has 0 spiro atoms. The van der Waals surface area contributed by atoms with Crippen molar-refractivity contribution in [1.82, 2.24) is 9.78 Å². The van der Waals surface area contributed by atoms with Crippen molar-refractivity contribution in [2.45, 2.75) is 52.1 Å². The molecule has 3 rings (SSSR count). The first-order valence-electron chi connectivity index (χ1n) is 7.36. The van der Waals surface area contributed by atoms with E-state index in [0.29, 0.717) is 6.04 Å². The van der Waals surface area contributed by atoms with E-state index in [0.717, 1.165) is 30.2 Å². The average Bonchev–Trinajstić information content (AvgIpc) is 3.01. The Labute approximate surface area is 124 Å². The number of hydrogen-bond donors (Lipinski definition) is 2. The molecular weight excluding hydrogens is 268 g/mol. The van der Waals surface area contributed by atoms with Crippen LogP contribution in [0.5, 0.6) is 0 Å². The molecule has 0 radical (unpaired) electrons. The fourth-order valence-electron chi connectivity index (χ4n) is 2.92. The van der Waals surface area contributed by atoms with Crippen molar-refractivity contribution >= 4 is 22.8 Å². The molecule has 0 fully saturated rings. The normalized spacial score (nSPS) is 18.0. The summed E-state index contributed by atoms with van der Waals surface area (Å²) in [5.74, 6) is 0.994. The molecular formula is C15H22N4S. The highest BCUT2D eigenvalue weighted by Crippen LogP contribution is 2.37. The zero-order valence-electron chi connectivity index (χ0n) is 12.1. The number of fused-ring (bicyclic) bond motifs is 1. The van der Waals surface area contributed by atoms with Crippen LogP contribution in [-0.2, 0) is 13.0 Å². The molecule has 0 saturated carbocycles. The predicted octanol–water partition coefficient (Wildman–Crippen LogP) is 3.73. The van der Waals surface area contributed by atoms with Gasteiger partial charge < -0.3 is 11.1 Å². The lowest BCUT2D eigenvalue weighted by atomic mass is 9.94. The lowest BCUT2D eigenvalue weighted by molar-refractivity contribution is 0.574. The number of nitrogens with two attached hydrogens (primary N) is 1. The van der Waals surface area contributed by atoms with Crippen LogP contribution in [0.2, 0.25) is 0 Å². The summed E-state index contributed by atoms with van der Waals surface area (Å²) >= 11 is 1.87. The van der Waals surface area contributed by atoms with Gasteiger partial charge in [0.15, 0.2) is 0 Å². The van der Waals surface area contributed by atoms with Crippen molar-refractivity contribution in [3.8, 4) is 0 Å². The van der Waals surface area contributed by atoms with Crippen LogP contribution in [0.25, 0.3) is 0 Å². The third kappa shape index (κ3) is 2.30. The Morgan fingerprint density at radius 3 is 3.20 bits per heavy atom. The second kappa shape index (κ2) is 5.48. The van der Waals surface area contributed by atoms with E-state index in [-0.39, 0.29) is 0 Å². The van der Waals surface area contributed by atoms with Crippen LogP contribution in [0.15, 0.2) is 11.4 Å². The summed E-state index contributed by atoms with van der Waals surface area (Å²) in [6.45, 7) is 5.04. The number of aromatic nitrogens is 2. The Morgan fingerprint density at radius 1 is 1.55 bits per heavy atom. The van der Waals surface area contributed by atoms with Gasteiger partial charge in [-0.15, -0.1) is 11.3 Å². The summed E-state index contributed by atoms with van der Waals surface area (Å²) in [4.78, 5) is 1.52. The zero-order valence-corrected chi connectivity index (χ0v) is 13.0. The molecule has 2 heterocycles. The zero-order chi connectivity index (χ0) is 14.1. The van der Waals surface area contributed by atoms with Crippen LogP contribution >= 0.6 is 11.3 Å². The SMILES string of the molecule is CCCn1nc(C)c(N)c1NC1CCCc2sccc21. The third-order valence-corrected chi connectivity index (χ3v) is 4.97. The molecule has 4 nitrogen and oxygen atoms in total. The van der Waals surface area contributed by atoms with E-state index < -0.39 is 0 Å². The first kappa shape index (κ1) is 13.5. The van der Waals surface area contributed by atoms with E-state index in [4.69, 9.17) is 5.73 Å². The summed E-state index contributed by atoms with van der Waals surface area (Å²) < 4.78 is 2.02. The van der Waals surface area contributed by atoms with E-state index >= 15 is 0 Å². The molecule has 5 heteroatoms. The molecule has 20 heavy (non-hydrogen) atoms. The number of nitrogen functional groups attached to an aromatic ring is 1. The minimum Gasteiger partial charge on any atom is -0.394 e. The Morgan fingerprint density at radius 2 is 2.40 bits per heavy atom. The van der Waals surface area contributed by atoms with Crippen molar-refractivity contribution in [3.63, 3.8) is 0 Å². The Kier molecular flexibility index (Phi) is 3.70. The van der Waals surface area contributed by atoms with Crippen LogP contribution in [0.1, 0.15) is 48.4 Å². The summed E-state index contributed by atoms with van der Waals surface area (Å²) in [7, 11) is 0. The van der Waals surface area contributed by atoms with Gasteiger partial charge in [0.05, 0.1) is 17.4 Å². The molecule has 0 amide bonds. The molecule has 0 aromatic carbocycles. The van der Waals surface area contributed by atoms with E-state index in [2.05, 4.69) is 28.8 Å². The largest absolute Gasteiger partial charge is 0.394 e. The Hall–Kier alpha value is -1.49. The van der Waals surface area contributed by atoms with E-state index in [1.807, 2.05) is 22.9 Å². The standard InChI is InChI=1S/C15H22N4S/c1-3-8-19-15(14(16)10(2)18-19)17-12-5-4-6-13-11(12)7-9-20-13/h7,9,12,17H,3-6,8,16H2,1-2H3. The minimum atomic E-state index is 0.374. The maximum atomic E-state index is 6.20. The number of nitrogens with zero attached hydrogens (tertiary/aromatic N) is 2. The predicted molar refractivity (Wildman–Crippen MR) is 85.3 cm³/mol. The first-order chi connectivity index (χ1) is 9.70. The molecule has 2 aromatic rings. The van der Waals surface area contributed by atoms with Gasteiger partial charge in [0, 0.05) is 11.4 Å². The van der Waals surface area contributed by atoms with Crippen LogP contribution in [0, 0.1) is 6.92 Å². The maximum Gasteiger partial charge on any atom is 0.148 e. The molecule has 2 aromatic heterocycles. The molecule has 0 bridgehead atoms. The summed E-state index contributed by atoms with van der Waals surface area (Å²) in [5.41, 5.74) is 9.36. The molecule has 3 N–H and O–H groups in total. The van der Waals surface area contributed by atoms with E-state index in [1.165, 1.54) is 29.7 Å². The van der Waals surface area contributed by atoms with Gasteiger partial charge in [-0.3, -0.25) is 0 Å². The second-order valence-electron chi connectivity index (χ2n) is 5.46. The Bertz CT molecular complexity index is 599. The summed E-state index contributed by atoms with van der Waals surface area (Å²) in [5, 5.41) is 10.4. The first-order valence-corrected chi connectivity index (χ1v) is 8.24. The molecule has 108 valence electrons. The highest BCUT2D eigenvalue weighted by Gasteiger charge is 2.23. The van der Waals surface area contributed by atoms with Gasteiger partial charge in [-0.1, -0.05) is 6.92 Å². The lowest BCUT2D eigenvalue weighted by Crippen LogP contribution is -2.18. The molecule has 0 saturated heterocycles. The van der Waals surface area contributed by atoms with Gasteiger partial charge in [-0.2, -0.15) is 5.10 Å².